The molecule has 0 radical (unpaired) electrons. The number of aliphatic hydroxyl groups excluding tert-OH is 1. The van der Waals surface area contributed by atoms with E-state index in [1.807, 2.05) is 52.1 Å². The molecule has 1 aliphatic rings. The highest BCUT2D eigenvalue weighted by Gasteiger charge is 2.33. The van der Waals surface area contributed by atoms with Gasteiger partial charge in [0.2, 0.25) is 17.7 Å². The summed E-state index contributed by atoms with van der Waals surface area (Å²) in [5.41, 5.74) is 3.06. The molecule has 5 N–H and O–H groups in total. The molecular formula is C36H53N5O6S. The number of hydrogen-bond acceptors (Lipinski definition) is 8. The molecule has 1 aliphatic carbocycles. The molecule has 1 aromatic carbocycles. The number of aliphatic hydroxyl groups is 1. The quantitative estimate of drug-likeness (QED) is 0.156. The van der Waals surface area contributed by atoms with E-state index >= 15 is 0 Å². The van der Waals surface area contributed by atoms with Gasteiger partial charge in [-0.25, -0.2) is 4.79 Å². The van der Waals surface area contributed by atoms with E-state index in [2.05, 4.69) is 32.3 Å². The molecule has 0 aliphatic heterocycles. The third-order valence-electron chi connectivity index (χ3n) is 8.57. The van der Waals surface area contributed by atoms with Gasteiger partial charge in [-0.15, -0.1) is 0 Å². The first-order valence-electron chi connectivity index (χ1n) is 16.9. The summed E-state index contributed by atoms with van der Waals surface area (Å²) in [6.07, 6.45) is 5.96. The van der Waals surface area contributed by atoms with Crippen molar-refractivity contribution >= 4 is 35.6 Å². The molecule has 0 fully saturated rings. The van der Waals surface area contributed by atoms with Crippen molar-refractivity contribution in [3.63, 3.8) is 0 Å². The zero-order valence-corrected chi connectivity index (χ0v) is 29.8. The van der Waals surface area contributed by atoms with E-state index in [1.165, 1.54) is 5.56 Å². The van der Waals surface area contributed by atoms with Gasteiger partial charge < -0.3 is 31.1 Å². The largest absolute Gasteiger partial charge is 0.445 e. The molecule has 6 atom stereocenters. The van der Waals surface area contributed by atoms with Gasteiger partial charge in [0.25, 0.3) is 0 Å². The van der Waals surface area contributed by atoms with Gasteiger partial charge in [0.05, 0.1) is 18.2 Å². The second-order valence-corrected chi connectivity index (χ2v) is 14.4. The molecule has 4 amide bonds. The van der Waals surface area contributed by atoms with E-state index in [-0.39, 0.29) is 42.7 Å². The number of benzene rings is 1. The van der Waals surface area contributed by atoms with E-state index in [1.54, 1.807) is 43.2 Å². The first kappa shape index (κ1) is 38.8. The molecule has 3 rings (SSSR count). The van der Waals surface area contributed by atoms with E-state index in [4.69, 9.17) is 4.74 Å². The molecule has 0 spiro atoms. The summed E-state index contributed by atoms with van der Waals surface area (Å²) in [5, 5.41) is 22.9. The Morgan fingerprint density at radius 3 is 2.38 bits per heavy atom. The lowest BCUT2D eigenvalue weighted by atomic mass is 9.91. The van der Waals surface area contributed by atoms with E-state index < -0.39 is 42.1 Å². The topological polar surface area (TPSA) is 159 Å². The molecule has 1 aromatic heterocycles. The zero-order chi connectivity index (χ0) is 35.2. The van der Waals surface area contributed by atoms with Crippen LogP contribution in [0.5, 0.6) is 0 Å². The minimum atomic E-state index is -1.04. The second-order valence-electron chi connectivity index (χ2n) is 13.4. The summed E-state index contributed by atoms with van der Waals surface area (Å²) in [5.74, 6) is -1.06. The summed E-state index contributed by atoms with van der Waals surface area (Å²) >= 11 is 1.54. The first-order valence-corrected chi connectivity index (χ1v) is 18.3. The Hall–Kier alpha value is -3.64. The molecule has 2 aromatic rings. The second kappa shape index (κ2) is 19.4. The standard InChI is InChI=1S/C36H53N5O6S/c1-22(2)18-30(39-34(44)29(15-17-48-6)40-36(46)47-21-25-10-9-16-37-20-25)31(42)19-24(5)33(43)41-32(23(3)4)35(45)38-28-14-13-26-11-7-8-12-27(26)28/h7-12,16,20,22-24,28-32,42H,13-15,17-19,21H2,1-6H3,(H,38,45)(H,39,44)(H,40,46)(H,41,43)/t24-,28?,29+,30+,31+,32+/m1/s1. The fourth-order valence-electron chi connectivity index (χ4n) is 5.86. The van der Waals surface area contributed by atoms with Crippen molar-refractivity contribution in [3.8, 4) is 0 Å². The average molecular weight is 684 g/mol. The van der Waals surface area contributed by atoms with Crippen molar-refractivity contribution < 1.29 is 29.0 Å². The predicted octanol–water partition coefficient (Wildman–Crippen LogP) is 4.29. The smallest absolute Gasteiger partial charge is 0.408 e. The fourth-order valence-corrected chi connectivity index (χ4v) is 6.33. The number of alkyl carbamates (subject to hydrolysis) is 1. The van der Waals surface area contributed by atoms with Crippen LogP contribution in [0.15, 0.2) is 48.8 Å². The lowest BCUT2D eigenvalue weighted by Gasteiger charge is -2.30. The third kappa shape index (κ3) is 12.1. The number of carbonyl (C=O) groups is 4. The number of nitrogens with one attached hydrogen (secondary N) is 4. The number of aryl methyl sites for hydroxylation is 1. The van der Waals surface area contributed by atoms with Crippen LogP contribution in [0.4, 0.5) is 4.79 Å². The van der Waals surface area contributed by atoms with Crippen LogP contribution in [0.3, 0.4) is 0 Å². The third-order valence-corrected chi connectivity index (χ3v) is 9.21. The fraction of sp³-hybridized carbons (Fsp3) is 0.583. The monoisotopic (exact) mass is 683 g/mol. The Morgan fingerprint density at radius 2 is 1.71 bits per heavy atom. The molecule has 1 unspecified atom stereocenters. The minimum absolute atomic E-state index is 0.0129. The number of amides is 4. The van der Waals surface area contributed by atoms with Gasteiger partial charge in [-0.3, -0.25) is 19.4 Å². The van der Waals surface area contributed by atoms with Gasteiger partial charge in [0.15, 0.2) is 0 Å². The summed E-state index contributed by atoms with van der Waals surface area (Å²) in [6.45, 7) is 9.45. The normalized spacial score (nSPS) is 17.1. The van der Waals surface area contributed by atoms with Crippen LogP contribution in [-0.2, 0) is 32.1 Å². The maximum Gasteiger partial charge on any atom is 0.408 e. The number of hydrogen-bond donors (Lipinski definition) is 5. The van der Waals surface area contributed by atoms with Crippen molar-refractivity contribution in [2.75, 3.05) is 12.0 Å². The Morgan fingerprint density at radius 1 is 0.958 bits per heavy atom. The van der Waals surface area contributed by atoms with E-state index in [0.29, 0.717) is 18.6 Å². The van der Waals surface area contributed by atoms with Crippen LogP contribution in [0.1, 0.15) is 83.0 Å². The summed E-state index contributed by atoms with van der Waals surface area (Å²) in [7, 11) is 0. The average Bonchev–Trinajstić information content (AvgIpc) is 3.46. The number of aromatic nitrogens is 1. The molecule has 48 heavy (non-hydrogen) atoms. The highest BCUT2D eigenvalue weighted by molar-refractivity contribution is 7.98. The molecule has 264 valence electrons. The molecule has 0 saturated carbocycles. The maximum absolute atomic E-state index is 13.5. The lowest BCUT2D eigenvalue weighted by molar-refractivity contribution is -0.133. The SMILES string of the molecule is CSCC[C@H](NC(=O)OCc1cccnc1)C(=O)N[C@@H](CC(C)C)[C@@H](O)C[C@@H](C)C(=O)N[C@H](C(=O)NC1CCc2ccccc21)C(C)C. The number of ether oxygens (including phenoxy) is 1. The predicted molar refractivity (Wildman–Crippen MR) is 188 cm³/mol. The Labute approximate surface area is 289 Å². The van der Waals surface area contributed by atoms with Gasteiger partial charge in [-0.1, -0.05) is 65.0 Å². The van der Waals surface area contributed by atoms with Crippen LogP contribution < -0.4 is 21.3 Å². The van der Waals surface area contributed by atoms with Gasteiger partial charge in [-0.2, -0.15) is 11.8 Å². The number of nitrogens with zero attached hydrogens (tertiary/aromatic N) is 1. The molecule has 12 heteroatoms. The van der Waals surface area contributed by atoms with E-state index in [0.717, 1.165) is 24.0 Å². The number of carbonyl (C=O) groups excluding carboxylic acids is 4. The van der Waals surface area contributed by atoms with Gasteiger partial charge in [0.1, 0.15) is 18.7 Å². The van der Waals surface area contributed by atoms with Crippen LogP contribution >= 0.6 is 11.8 Å². The Kier molecular flexibility index (Phi) is 15.7. The highest BCUT2D eigenvalue weighted by Crippen LogP contribution is 2.31. The summed E-state index contributed by atoms with van der Waals surface area (Å²) in [6, 6.07) is 9.22. The minimum Gasteiger partial charge on any atom is -0.445 e. The van der Waals surface area contributed by atoms with Crippen molar-refractivity contribution in [3.05, 3.63) is 65.5 Å². The first-order chi connectivity index (χ1) is 22.9. The number of fused-ring (bicyclic) bond motifs is 1. The number of pyridine rings is 1. The van der Waals surface area contributed by atoms with Gasteiger partial charge in [0, 0.05) is 23.9 Å². The molecular weight excluding hydrogens is 630 g/mol. The summed E-state index contributed by atoms with van der Waals surface area (Å²) < 4.78 is 5.30. The van der Waals surface area contributed by atoms with Crippen molar-refractivity contribution in [2.24, 2.45) is 17.8 Å². The van der Waals surface area contributed by atoms with Crippen LogP contribution in [-0.4, -0.2) is 70.1 Å². The van der Waals surface area contributed by atoms with Crippen molar-refractivity contribution in [2.45, 2.75) is 104 Å². The summed E-state index contributed by atoms with van der Waals surface area (Å²) in [4.78, 5) is 56.7. The molecule has 11 nitrogen and oxygen atoms in total. The van der Waals surface area contributed by atoms with E-state index in [9.17, 15) is 24.3 Å². The van der Waals surface area contributed by atoms with Crippen molar-refractivity contribution in [1.82, 2.24) is 26.3 Å². The van der Waals surface area contributed by atoms with Crippen LogP contribution in [0, 0.1) is 17.8 Å². The number of thioether (sulfide) groups is 1. The Balaban J connectivity index is 1.59. The zero-order valence-electron chi connectivity index (χ0n) is 29.0. The van der Waals surface area contributed by atoms with Crippen LogP contribution in [0.25, 0.3) is 0 Å². The lowest BCUT2D eigenvalue weighted by Crippen LogP contribution is -2.54. The van der Waals surface area contributed by atoms with Gasteiger partial charge >= 0.3 is 6.09 Å². The molecule has 0 saturated heterocycles. The maximum atomic E-state index is 13.5. The highest BCUT2D eigenvalue weighted by atomic mass is 32.2. The molecule has 1 heterocycles. The number of rotatable bonds is 18. The van der Waals surface area contributed by atoms with Crippen LogP contribution in [0.2, 0.25) is 0 Å². The molecule has 0 bridgehead atoms. The van der Waals surface area contributed by atoms with Gasteiger partial charge in [-0.05, 0) is 73.1 Å². The van der Waals surface area contributed by atoms with Crippen molar-refractivity contribution in [1.29, 1.82) is 0 Å². The Bertz CT molecular complexity index is 1340.